The molecule has 7 aromatic rings. The summed E-state index contributed by atoms with van der Waals surface area (Å²) < 4.78 is 95.1. The first-order chi connectivity index (χ1) is 45.3. The summed E-state index contributed by atoms with van der Waals surface area (Å²) in [6.45, 7) is 10.7. The van der Waals surface area contributed by atoms with Gasteiger partial charge in [-0.3, -0.25) is 24.1 Å². The molecule has 0 aromatic heterocycles. The fourth-order valence-corrected chi connectivity index (χ4v) is 21.0. The Balaban J connectivity index is 0.832. The van der Waals surface area contributed by atoms with Crippen molar-refractivity contribution in [3.63, 3.8) is 0 Å². The maximum atomic E-state index is 16.6. The number of imide groups is 2. The summed E-state index contributed by atoms with van der Waals surface area (Å²) in [6.07, 6.45) is 26.5. The number of rotatable bonds is 24. The first-order valence-electron chi connectivity index (χ1n) is 35.1. The van der Waals surface area contributed by atoms with Crippen LogP contribution < -0.4 is 14.7 Å². The molecule has 1 saturated carbocycles. The lowest BCUT2D eigenvalue weighted by Crippen LogP contribution is -2.47. The number of thioether (sulfide) groups is 2. The Hall–Kier alpha value is -6.52. The predicted molar refractivity (Wildman–Crippen MR) is 370 cm³/mol. The zero-order valence-corrected chi connectivity index (χ0v) is 56.0. The summed E-state index contributed by atoms with van der Waals surface area (Å²) in [5, 5.41) is 5.99. The minimum atomic E-state index is -5.74. The van der Waals surface area contributed by atoms with E-state index in [9.17, 15) is 0 Å². The van der Waals surface area contributed by atoms with Crippen LogP contribution in [-0.4, -0.2) is 88.0 Å². The number of hydrogen-bond donors (Lipinski definition) is 0. The number of anilines is 3. The van der Waals surface area contributed by atoms with Crippen molar-refractivity contribution >= 4 is 118 Å². The van der Waals surface area contributed by atoms with E-state index in [1.807, 2.05) is 30.3 Å². The number of amides is 4. The maximum Gasteiger partial charge on any atom is 0.380 e. The monoisotopic (exact) mass is 1320 g/mol. The number of benzene rings is 7. The minimum Gasteiger partial charge on any atom is -0.371 e. The van der Waals surface area contributed by atoms with Crippen molar-refractivity contribution in [3.05, 3.63) is 123 Å². The number of alkyl halides is 6. The number of halogens is 6. The second-order valence-electron chi connectivity index (χ2n) is 28.3. The van der Waals surface area contributed by atoms with Crippen molar-refractivity contribution in [1.82, 2.24) is 4.90 Å². The van der Waals surface area contributed by atoms with Gasteiger partial charge in [-0.1, -0.05) is 166 Å². The third-order valence-corrected chi connectivity index (χ3v) is 26.0. The molecule has 16 heteroatoms. The topological polar surface area (TPSA) is 81.2 Å². The van der Waals surface area contributed by atoms with Crippen LogP contribution in [0.1, 0.15) is 234 Å². The molecular formula is C78H82F6N4O4S2. The number of carbonyl (C=O) groups is 4. The lowest BCUT2D eigenvalue weighted by atomic mass is 9.68. The number of nitrogens with zero attached hydrogens (tertiary/aromatic N) is 4. The zero-order valence-electron chi connectivity index (χ0n) is 54.4. The zero-order chi connectivity index (χ0) is 65.4. The van der Waals surface area contributed by atoms with E-state index in [1.54, 1.807) is 49.1 Å². The summed E-state index contributed by atoms with van der Waals surface area (Å²) in [6, 6.07) is 22.2. The quantitative estimate of drug-likeness (QED) is 0.0195. The van der Waals surface area contributed by atoms with Gasteiger partial charge in [-0.05, 0) is 128 Å². The molecule has 7 aromatic carbocycles. The van der Waals surface area contributed by atoms with Crippen LogP contribution in [0.3, 0.4) is 0 Å². The van der Waals surface area contributed by atoms with Gasteiger partial charge in [0.2, 0.25) is 0 Å². The molecular weight excluding hydrogens is 1240 g/mol. The number of hydrogen-bond acceptors (Lipinski definition) is 8. The van der Waals surface area contributed by atoms with Gasteiger partial charge in [0.15, 0.2) is 0 Å². The van der Waals surface area contributed by atoms with E-state index in [1.165, 1.54) is 107 Å². The number of allylic oxidation sites excluding steroid dienone is 2. The smallest absolute Gasteiger partial charge is 0.371 e. The summed E-state index contributed by atoms with van der Waals surface area (Å²) in [7, 11) is 0. The van der Waals surface area contributed by atoms with E-state index in [-0.39, 0.29) is 61.8 Å². The minimum absolute atomic E-state index is 0.0626. The molecule has 2 atom stereocenters. The molecule has 6 heterocycles. The molecule has 2 aliphatic carbocycles. The Kier molecular flexibility index (Phi) is 16.2. The molecule has 0 unspecified atom stereocenters. The van der Waals surface area contributed by atoms with Crippen LogP contribution in [0.4, 0.5) is 43.4 Å². The first kappa shape index (κ1) is 63.5. The average molecular weight is 1320 g/mol. The molecule has 15 rings (SSSR count). The van der Waals surface area contributed by atoms with Crippen molar-refractivity contribution in [2.75, 3.05) is 40.9 Å². The lowest BCUT2D eigenvalue weighted by molar-refractivity contribution is -0.257. The van der Waals surface area contributed by atoms with E-state index in [4.69, 9.17) is 0 Å². The summed E-state index contributed by atoms with van der Waals surface area (Å²) in [5.74, 6) is -18.0. The van der Waals surface area contributed by atoms with Crippen LogP contribution in [0, 0.1) is 0 Å². The van der Waals surface area contributed by atoms with Gasteiger partial charge in [-0.25, -0.2) is 4.90 Å². The molecule has 94 heavy (non-hydrogen) atoms. The van der Waals surface area contributed by atoms with Gasteiger partial charge < -0.3 is 9.80 Å². The molecule has 492 valence electrons. The molecule has 0 bridgehead atoms. The summed E-state index contributed by atoms with van der Waals surface area (Å²) in [4.78, 5) is 71.0. The highest BCUT2D eigenvalue weighted by molar-refractivity contribution is 8.06. The Morgan fingerprint density at radius 2 is 0.819 bits per heavy atom. The first-order valence-corrected chi connectivity index (χ1v) is 36.8. The van der Waals surface area contributed by atoms with Gasteiger partial charge in [0, 0.05) is 108 Å². The van der Waals surface area contributed by atoms with Gasteiger partial charge in [0.05, 0.1) is 26.3 Å². The molecule has 0 radical (unpaired) electrons. The predicted octanol–water partition coefficient (Wildman–Crippen LogP) is 21.4. The Morgan fingerprint density at radius 3 is 1.32 bits per heavy atom. The standard InChI is InChI=1S/C78H82F6N4O4S2/c1-5-7-9-11-13-15-17-19-21-29-46(30-22-20-18-16-14-12-10-8-6-2)87-70(89)52-37-35-50-63-57(86-41-27-28-42-86)45-55-61-53(38-36-51(65(61)63)62-56(85-39-25-26-40-85)44-54(72(87)91)60(52)64(50)62)71(90)88(73(55)92)47-33-34-49-59(43-47)94-75(4)67(49)69-68(76(79,80)78(83,84)77(69,81)82)66-48-31-23-24-32-58(48)93-74(66,75)3/h23-24,31-38,43-46H,5-22,25-30,39-42H2,1-4H3/t74-,75-/m0/s1. The second-order valence-corrected chi connectivity index (χ2v) is 31.3. The molecule has 8 aliphatic rings. The Bertz CT molecular complexity index is 4350. The molecule has 0 N–H and O–H groups in total. The molecule has 0 spiro atoms. The van der Waals surface area contributed by atoms with Gasteiger partial charge >= 0.3 is 17.8 Å². The average Bonchev–Trinajstić information content (AvgIpc) is 1.54. The van der Waals surface area contributed by atoms with Gasteiger partial charge in [0.1, 0.15) is 0 Å². The van der Waals surface area contributed by atoms with Crippen LogP contribution in [-0.2, 0) is 0 Å². The summed E-state index contributed by atoms with van der Waals surface area (Å²) in [5.41, 5.74) is 0.359. The van der Waals surface area contributed by atoms with Crippen LogP contribution in [0.25, 0.3) is 54.2 Å². The van der Waals surface area contributed by atoms with Crippen molar-refractivity contribution in [2.24, 2.45) is 0 Å². The van der Waals surface area contributed by atoms with Gasteiger partial charge in [-0.15, -0.1) is 23.5 Å². The molecule has 3 fully saturated rings. The third-order valence-electron chi connectivity index (χ3n) is 22.7. The molecule has 8 nitrogen and oxygen atoms in total. The highest BCUT2D eigenvalue weighted by Gasteiger charge is 2.85. The van der Waals surface area contributed by atoms with Crippen molar-refractivity contribution in [3.8, 4) is 0 Å². The van der Waals surface area contributed by atoms with Crippen LogP contribution in [0.5, 0.6) is 0 Å². The van der Waals surface area contributed by atoms with Crippen molar-refractivity contribution in [2.45, 2.75) is 225 Å². The fourth-order valence-electron chi connectivity index (χ4n) is 17.8. The Morgan fingerprint density at radius 1 is 0.415 bits per heavy atom. The van der Waals surface area contributed by atoms with Crippen molar-refractivity contribution < 1.29 is 45.5 Å². The van der Waals surface area contributed by atoms with Gasteiger partial charge in [-0.2, -0.15) is 26.3 Å². The lowest BCUT2D eigenvalue weighted by Gasteiger charge is -2.47. The number of carbonyl (C=O) groups excluding carboxylic acids is 4. The van der Waals surface area contributed by atoms with Crippen LogP contribution in [0.15, 0.2) is 99.8 Å². The van der Waals surface area contributed by atoms with E-state index in [0.29, 0.717) is 39.9 Å². The van der Waals surface area contributed by atoms with Crippen molar-refractivity contribution in [1.29, 1.82) is 0 Å². The third kappa shape index (κ3) is 9.27. The maximum absolute atomic E-state index is 16.6. The largest absolute Gasteiger partial charge is 0.380 e. The normalized spacial score (nSPS) is 22.3. The molecule has 6 aliphatic heterocycles. The highest BCUT2D eigenvalue weighted by Crippen LogP contribution is 2.78. The number of fused-ring (bicyclic) bond motifs is 10. The second kappa shape index (κ2) is 23.9. The molecule has 4 amide bonds. The van der Waals surface area contributed by atoms with E-state index in [0.717, 1.165) is 150 Å². The van der Waals surface area contributed by atoms with E-state index < -0.39 is 50.2 Å². The highest BCUT2D eigenvalue weighted by atomic mass is 32.2. The number of unbranched alkanes of at least 4 members (excludes halogenated alkanes) is 16. The molecule has 2 saturated heterocycles. The van der Waals surface area contributed by atoms with Gasteiger partial charge in [0.25, 0.3) is 23.6 Å². The SMILES string of the molecule is CCCCCCCCCCCC(CCCCCCCCCCC)N1C(=O)c2ccc3c4c(N5CCCC5)cc5c6c(ccc(c7c(N8CCCC8)cc(c2c37)C1=O)c64)C(=O)N(c1ccc2c(c1)S[C@@]1(C)C2=C2C(=C3c4ccccc4S[C@@]31C)C(F)(F)C(F)(F)C2(F)F)C5=O. The van der Waals surface area contributed by atoms with Crippen LogP contribution >= 0.6 is 23.5 Å². The van der Waals surface area contributed by atoms with Crippen LogP contribution in [0.2, 0.25) is 0 Å². The fraction of sp³-hybridized carbons (Fsp3) is 0.487. The Labute approximate surface area is 555 Å². The summed E-state index contributed by atoms with van der Waals surface area (Å²) >= 11 is 2.29. The van der Waals surface area contributed by atoms with E-state index in [2.05, 4.69) is 23.6 Å². The van der Waals surface area contributed by atoms with E-state index >= 15 is 45.5 Å².